The molecule has 0 amide bonds. The van der Waals surface area contributed by atoms with E-state index in [1.54, 1.807) is 7.11 Å². The minimum absolute atomic E-state index is 0.513. The van der Waals surface area contributed by atoms with Gasteiger partial charge >= 0.3 is 0 Å². The standard InChI is InChI=1S/C17H21NO2S/c1-19-11-12-20-16-7-5-6-14-8-9-15(18-17(14)16)10-13-21(2,3)4/h5-9H,11-12H2,1-4H3. The summed E-state index contributed by atoms with van der Waals surface area (Å²) in [5.74, 6) is 3.94. The minimum atomic E-state index is -0.852. The number of pyridine rings is 1. The zero-order valence-corrected chi connectivity index (χ0v) is 13.8. The van der Waals surface area contributed by atoms with Crippen molar-refractivity contribution in [2.75, 3.05) is 39.1 Å². The van der Waals surface area contributed by atoms with Crippen LogP contribution in [-0.2, 0) is 4.74 Å². The molecule has 0 fully saturated rings. The molecule has 2 rings (SSSR count). The normalized spacial score (nSPS) is 11.8. The van der Waals surface area contributed by atoms with Crippen LogP contribution in [0.2, 0.25) is 0 Å². The van der Waals surface area contributed by atoms with E-state index >= 15 is 0 Å². The van der Waals surface area contributed by atoms with E-state index in [9.17, 15) is 0 Å². The average Bonchev–Trinajstić information content (AvgIpc) is 2.45. The van der Waals surface area contributed by atoms with Crippen LogP contribution < -0.4 is 4.74 Å². The van der Waals surface area contributed by atoms with Crippen molar-refractivity contribution in [3.05, 3.63) is 36.0 Å². The fourth-order valence-corrected chi connectivity index (χ4v) is 2.16. The van der Waals surface area contributed by atoms with Gasteiger partial charge in [-0.3, -0.25) is 0 Å². The van der Waals surface area contributed by atoms with Crippen molar-refractivity contribution >= 4 is 20.9 Å². The number of rotatable bonds is 4. The van der Waals surface area contributed by atoms with E-state index in [1.807, 2.05) is 30.3 Å². The molecule has 1 heterocycles. The predicted octanol–water partition coefficient (Wildman–Crippen LogP) is 3.26. The van der Waals surface area contributed by atoms with Crippen molar-refractivity contribution in [3.8, 4) is 16.9 Å². The van der Waals surface area contributed by atoms with Crippen molar-refractivity contribution < 1.29 is 9.47 Å². The highest BCUT2D eigenvalue weighted by atomic mass is 32.3. The number of nitrogens with zero attached hydrogens (tertiary/aromatic N) is 1. The predicted molar refractivity (Wildman–Crippen MR) is 91.4 cm³/mol. The first-order chi connectivity index (χ1) is 9.99. The van der Waals surface area contributed by atoms with Gasteiger partial charge in [0.1, 0.15) is 23.6 Å². The topological polar surface area (TPSA) is 31.4 Å². The SMILES string of the molecule is COCCOc1cccc2ccc(C#CS(C)(C)C)nc12. The van der Waals surface area contributed by atoms with Gasteiger partial charge in [-0.05, 0) is 48.1 Å². The molecule has 0 bridgehead atoms. The molecule has 0 saturated carbocycles. The molecule has 1 aromatic heterocycles. The molecule has 0 aliphatic rings. The summed E-state index contributed by atoms with van der Waals surface area (Å²) in [6.07, 6.45) is 6.50. The fourth-order valence-electron chi connectivity index (χ4n) is 1.75. The first kappa shape index (κ1) is 15.7. The van der Waals surface area contributed by atoms with E-state index in [-0.39, 0.29) is 0 Å². The Kier molecular flexibility index (Phi) is 5.11. The molecule has 3 nitrogen and oxygen atoms in total. The van der Waals surface area contributed by atoms with E-state index in [4.69, 9.17) is 9.47 Å². The Morgan fingerprint density at radius 2 is 1.90 bits per heavy atom. The number of hydrogen-bond donors (Lipinski definition) is 0. The molecule has 0 saturated heterocycles. The molecule has 0 spiro atoms. The number of aromatic nitrogens is 1. The summed E-state index contributed by atoms with van der Waals surface area (Å²) in [6.45, 7) is 1.07. The van der Waals surface area contributed by atoms with Crippen LogP contribution in [-0.4, -0.2) is 44.1 Å². The van der Waals surface area contributed by atoms with Gasteiger partial charge in [-0.25, -0.2) is 4.98 Å². The molecular weight excluding hydrogens is 282 g/mol. The summed E-state index contributed by atoms with van der Waals surface area (Å²) in [4.78, 5) is 4.63. The average molecular weight is 303 g/mol. The molecule has 21 heavy (non-hydrogen) atoms. The Bertz CT molecular complexity index is 680. The van der Waals surface area contributed by atoms with Crippen LogP contribution in [0.3, 0.4) is 0 Å². The molecular formula is C17H21NO2S. The van der Waals surface area contributed by atoms with E-state index in [0.717, 1.165) is 22.3 Å². The van der Waals surface area contributed by atoms with E-state index in [0.29, 0.717) is 13.2 Å². The van der Waals surface area contributed by atoms with Gasteiger partial charge < -0.3 is 9.47 Å². The second kappa shape index (κ2) is 6.84. The van der Waals surface area contributed by atoms with Gasteiger partial charge in [-0.2, -0.15) is 10.0 Å². The number of benzene rings is 1. The Balaban J connectivity index is 2.35. The van der Waals surface area contributed by atoms with Gasteiger partial charge in [0.15, 0.2) is 0 Å². The van der Waals surface area contributed by atoms with Crippen molar-refractivity contribution in [2.45, 2.75) is 0 Å². The summed E-state index contributed by atoms with van der Waals surface area (Å²) in [5, 5.41) is 4.34. The van der Waals surface area contributed by atoms with E-state index < -0.39 is 10.0 Å². The Morgan fingerprint density at radius 1 is 1.10 bits per heavy atom. The monoisotopic (exact) mass is 303 g/mol. The lowest BCUT2D eigenvalue weighted by atomic mass is 10.2. The summed E-state index contributed by atoms with van der Waals surface area (Å²) >= 11 is 0. The molecule has 2 aromatic rings. The second-order valence-electron chi connectivity index (χ2n) is 5.43. The molecule has 0 N–H and O–H groups in total. The van der Waals surface area contributed by atoms with Crippen LogP contribution in [0.15, 0.2) is 30.3 Å². The number of ether oxygens (including phenoxy) is 2. The Morgan fingerprint density at radius 3 is 2.62 bits per heavy atom. The molecule has 0 radical (unpaired) electrons. The minimum Gasteiger partial charge on any atom is -0.489 e. The lowest BCUT2D eigenvalue weighted by Crippen LogP contribution is -2.05. The fraction of sp³-hybridized carbons (Fsp3) is 0.353. The van der Waals surface area contributed by atoms with E-state index in [1.165, 1.54) is 0 Å². The van der Waals surface area contributed by atoms with Gasteiger partial charge in [0.25, 0.3) is 0 Å². The summed E-state index contributed by atoms with van der Waals surface area (Å²) < 4.78 is 10.7. The van der Waals surface area contributed by atoms with E-state index in [2.05, 4.69) is 34.9 Å². The molecule has 112 valence electrons. The largest absolute Gasteiger partial charge is 0.489 e. The molecule has 1 aromatic carbocycles. The van der Waals surface area contributed by atoms with Crippen molar-refractivity contribution in [3.63, 3.8) is 0 Å². The zero-order chi connectivity index (χ0) is 15.3. The first-order valence-corrected chi connectivity index (χ1v) is 9.58. The molecule has 0 aliphatic carbocycles. The van der Waals surface area contributed by atoms with Crippen molar-refractivity contribution in [1.29, 1.82) is 0 Å². The van der Waals surface area contributed by atoms with Gasteiger partial charge in [0.2, 0.25) is 0 Å². The molecule has 0 aliphatic heterocycles. The molecule has 0 atom stereocenters. The number of para-hydroxylation sites is 1. The lowest BCUT2D eigenvalue weighted by molar-refractivity contribution is 0.147. The smallest absolute Gasteiger partial charge is 0.145 e. The van der Waals surface area contributed by atoms with Crippen LogP contribution >= 0.6 is 10.0 Å². The summed E-state index contributed by atoms with van der Waals surface area (Å²) in [7, 11) is 0.808. The third-order valence-electron chi connectivity index (χ3n) is 2.71. The van der Waals surface area contributed by atoms with Crippen LogP contribution in [0.25, 0.3) is 10.9 Å². The molecule has 0 unspecified atom stereocenters. The lowest BCUT2D eigenvalue weighted by Gasteiger charge is -2.14. The number of methoxy groups -OCH3 is 1. The molecule has 4 heteroatoms. The van der Waals surface area contributed by atoms with Crippen LogP contribution in [0, 0.1) is 11.2 Å². The van der Waals surface area contributed by atoms with Crippen LogP contribution in [0.1, 0.15) is 5.69 Å². The third kappa shape index (κ3) is 4.66. The number of fused-ring (bicyclic) bond motifs is 1. The Hall–Kier alpha value is -1.70. The number of hydrogen-bond acceptors (Lipinski definition) is 3. The zero-order valence-electron chi connectivity index (χ0n) is 13.0. The van der Waals surface area contributed by atoms with Crippen molar-refractivity contribution in [2.24, 2.45) is 0 Å². The second-order valence-corrected chi connectivity index (χ2v) is 9.31. The maximum absolute atomic E-state index is 5.73. The van der Waals surface area contributed by atoms with Gasteiger partial charge in [-0.15, -0.1) is 0 Å². The van der Waals surface area contributed by atoms with Gasteiger partial charge in [0, 0.05) is 12.5 Å². The highest BCUT2D eigenvalue weighted by Crippen LogP contribution is 2.32. The summed E-state index contributed by atoms with van der Waals surface area (Å²) in [5.41, 5.74) is 1.64. The third-order valence-corrected chi connectivity index (χ3v) is 3.43. The highest BCUT2D eigenvalue weighted by molar-refractivity contribution is 8.35. The quantitative estimate of drug-likeness (QED) is 0.642. The maximum Gasteiger partial charge on any atom is 0.145 e. The maximum atomic E-state index is 5.73. The van der Waals surface area contributed by atoms with Crippen LogP contribution in [0.4, 0.5) is 0 Å². The Labute approximate surface area is 128 Å². The highest BCUT2D eigenvalue weighted by Gasteiger charge is 2.05. The first-order valence-electron chi connectivity index (χ1n) is 6.72. The summed E-state index contributed by atoms with van der Waals surface area (Å²) in [6, 6.07) is 9.92. The van der Waals surface area contributed by atoms with Crippen LogP contribution in [0.5, 0.6) is 5.75 Å². The van der Waals surface area contributed by atoms with Gasteiger partial charge in [0.05, 0.1) is 6.61 Å². The van der Waals surface area contributed by atoms with Gasteiger partial charge in [-0.1, -0.05) is 12.1 Å². The van der Waals surface area contributed by atoms with Crippen molar-refractivity contribution in [1.82, 2.24) is 4.98 Å².